The lowest BCUT2D eigenvalue weighted by atomic mass is 9.69. The van der Waals surface area contributed by atoms with Crippen molar-refractivity contribution in [2.24, 2.45) is 29.4 Å². The molecule has 0 heterocycles. The van der Waals surface area contributed by atoms with E-state index in [-0.39, 0.29) is 5.91 Å². The number of fused-ring (bicyclic) bond motifs is 7. The highest BCUT2D eigenvalue weighted by atomic mass is 16.1. The van der Waals surface area contributed by atoms with Gasteiger partial charge in [0.1, 0.15) is 0 Å². The SMILES string of the molecule is NC(=O)c1ccc2c(c1)[C@@H]1[C@H]3CC[C@@H]3[C@@H]3[C@@H]2[C@@H]13. The largest absolute Gasteiger partial charge is 0.366 e. The van der Waals surface area contributed by atoms with Crippen LogP contribution in [0.3, 0.4) is 0 Å². The smallest absolute Gasteiger partial charge is 0.248 e. The third-order valence-corrected chi connectivity index (χ3v) is 5.98. The standard InChI is InChI=1S/C15H15NO/c16-15(17)6-1-2-9-10(5-6)11-7-3-4-8(7)12-13(9)14(11)12/h1-2,5,7-8,11-14H,3-4H2,(H2,16,17)/t7-,8-,11-,12+,13+,14-/m0/s1. The van der Waals surface area contributed by atoms with Crippen molar-refractivity contribution in [2.45, 2.75) is 24.7 Å². The van der Waals surface area contributed by atoms with Crippen molar-refractivity contribution in [2.75, 3.05) is 0 Å². The Bertz CT molecular complexity index is 564. The molecular weight excluding hydrogens is 210 g/mol. The lowest BCUT2D eigenvalue weighted by Crippen LogP contribution is -2.27. The van der Waals surface area contributed by atoms with E-state index in [0.717, 1.165) is 35.5 Å². The van der Waals surface area contributed by atoms with E-state index in [9.17, 15) is 4.79 Å². The molecule has 2 heteroatoms. The molecule has 17 heavy (non-hydrogen) atoms. The summed E-state index contributed by atoms with van der Waals surface area (Å²) in [5.74, 6) is 5.23. The molecular formula is C15H15NO. The molecule has 4 aliphatic carbocycles. The summed E-state index contributed by atoms with van der Waals surface area (Å²) in [6, 6.07) is 6.19. The first-order valence-corrected chi connectivity index (χ1v) is 6.71. The van der Waals surface area contributed by atoms with Crippen molar-refractivity contribution in [3.05, 3.63) is 34.9 Å². The second-order valence-electron chi connectivity index (χ2n) is 6.32. The Balaban J connectivity index is 1.69. The second kappa shape index (κ2) is 2.43. The minimum atomic E-state index is -0.284. The van der Waals surface area contributed by atoms with Gasteiger partial charge in [-0.25, -0.2) is 0 Å². The van der Waals surface area contributed by atoms with Crippen molar-refractivity contribution in [3.63, 3.8) is 0 Å². The number of nitrogens with two attached hydrogens (primary N) is 1. The third-order valence-electron chi connectivity index (χ3n) is 5.98. The fourth-order valence-electron chi connectivity index (χ4n) is 5.31. The van der Waals surface area contributed by atoms with E-state index in [1.807, 2.05) is 6.07 Å². The van der Waals surface area contributed by atoms with Crippen LogP contribution in [-0.4, -0.2) is 5.91 Å². The van der Waals surface area contributed by atoms with Gasteiger partial charge >= 0.3 is 0 Å². The van der Waals surface area contributed by atoms with Crippen LogP contribution in [0.4, 0.5) is 0 Å². The highest BCUT2D eigenvalue weighted by Gasteiger charge is 2.73. The van der Waals surface area contributed by atoms with E-state index < -0.39 is 0 Å². The van der Waals surface area contributed by atoms with Gasteiger partial charge in [0, 0.05) is 5.56 Å². The fraction of sp³-hybridized carbons (Fsp3) is 0.533. The molecule has 3 saturated carbocycles. The summed E-state index contributed by atoms with van der Waals surface area (Å²) in [5.41, 5.74) is 9.10. The zero-order chi connectivity index (χ0) is 11.3. The maximum Gasteiger partial charge on any atom is 0.248 e. The number of rotatable bonds is 1. The first kappa shape index (κ1) is 8.73. The predicted molar refractivity (Wildman–Crippen MR) is 63.6 cm³/mol. The molecule has 4 aliphatic rings. The van der Waals surface area contributed by atoms with Crippen molar-refractivity contribution in [1.82, 2.24) is 0 Å². The van der Waals surface area contributed by atoms with Crippen LogP contribution in [-0.2, 0) is 0 Å². The van der Waals surface area contributed by atoms with Gasteiger partial charge in [0.05, 0.1) is 0 Å². The first-order chi connectivity index (χ1) is 8.27. The Labute approximate surface area is 100 Å². The maximum absolute atomic E-state index is 11.3. The Morgan fingerprint density at radius 3 is 2.59 bits per heavy atom. The molecule has 0 unspecified atom stereocenters. The highest BCUT2D eigenvalue weighted by molar-refractivity contribution is 5.93. The summed E-state index contributed by atoms with van der Waals surface area (Å²) >= 11 is 0. The number of benzene rings is 1. The molecule has 1 amide bonds. The molecule has 0 aromatic heterocycles. The average molecular weight is 225 g/mol. The van der Waals surface area contributed by atoms with Crippen LogP contribution >= 0.6 is 0 Å². The molecule has 0 radical (unpaired) electrons. The van der Waals surface area contributed by atoms with Crippen molar-refractivity contribution in [3.8, 4) is 0 Å². The minimum Gasteiger partial charge on any atom is -0.366 e. The molecule has 6 atom stereocenters. The van der Waals surface area contributed by atoms with Crippen LogP contribution in [0.2, 0.25) is 0 Å². The van der Waals surface area contributed by atoms with Crippen LogP contribution in [0.25, 0.3) is 0 Å². The molecule has 0 spiro atoms. The molecule has 0 aliphatic heterocycles. The number of carbonyl (C=O) groups excluding carboxylic acids is 1. The molecule has 86 valence electrons. The number of primary amides is 1. The zero-order valence-corrected chi connectivity index (χ0v) is 9.60. The quantitative estimate of drug-likeness (QED) is 0.782. The summed E-state index contributed by atoms with van der Waals surface area (Å²) in [6.07, 6.45) is 2.87. The third kappa shape index (κ3) is 0.791. The van der Waals surface area contributed by atoms with Gasteiger partial charge in [0.2, 0.25) is 5.91 Å². The molecule has 2 N–H and O–H groups in total. The fourth-order valence-corrected chi connectivity index (χ4v) is 5.31. The number of hydrogen-bond donors (Lipinski definition) is 1. The van der Waals surface area contributed by atoms with E-state index in [4.69, 9.17) is 5.73 Å². The molecule has 1 aromatic rings. The summed E-state index contributed by atoms with van der Waals surface area (Å²) in [5, 5.41) is 0. The summed E-state index contributed by atoms with van der Waals surface area (Å²) < 4.78 is 0. The minimum absolute atomic E-state index is 0.284. The van der Waals surface area contributed by atoms with Crippen molar-refractivity contribution < 1.29 is 4.79 Å². The van der Waals surface area contributed by atoms with E-state index in [2.05, 4.69) is 12.1 Å². The van der Waals surface area contributed by atoms with Gasteiger partial charge in [-0.05, 0) is 71.6 Å². The number of amides is 1. The summed E-state index contributed by atoms with van der Waals surface area (Å²) in [7, 11) is 0. The lowest BCUT2D eigenvalue weighted by Gasteiger charge is -2.36. The van der Waals surface area contributed by atoms with Gasteiger partial charge in [0.25, 0.3) is 0 Å². The second-order valence-corrected chi connectivity index (χ2v) is 6.32. The van der Waals surface area contributed by atoms with Gasteiger partial charge < -0.3 is 5.73 Å². The van der Waals surface area contributed by atoms with Crippen LogP contribution < -0.4 is 5.73 Å². The number of carbonyl (C=O) groups is 1. The normalized spacial score (nSPS) is 46.8. The lowest BCUT2D eigenvalue weighted by molar-refractivity contribution is 0.1000. The van der Waals surface area contributed by atoms with E-state index in [1.54, 1.807) is 5.56 Å². The summed E-state index contributed by atoms with van der Waals surface area (Å²) in [6.45, 7) is 0. The molecule has 0 saturated heterocycles. The summed E-state index contributed by atoms with van der Waals surface area (Å²) in [4.78, 5) is 11.3. The van der Waals surface area contributed by atoms with Gasteiger partial charge in [-0.2, -0.15) is 0 Å². The van der Waals surface area contributed by atoms with Crippen LogP contribution in [0.1, 0.15) is 46.2 Å². The van der Waals surface area contributed by atoms with Crippen LogP contribution in [0, 0.1) is 23.7 Å². The van der Waals surface area contributed by atoms with Crippen molar-refractivity contribution >= 4 is 5.91 Å². The average Bonchev–Trinajstić information content (AvgIpc) is 2.81. The Morgan fingerprint density at radius 2 is 1.88 bits per heavy atom. The first-order valence-electron chi connectivity index (χ1n) is 6.71. The molecule has 5 rings (SSSR count). The van der Waals surface area contributed by atoms with Gasteiger partial charge in [-0.15, -0.1) is 0 Å². The van der Waals surface area contributed by atoms with E-state index in [0.29, 0.717) is 5.56 Å². The monoisotopic (exact) mass is 225 g/mol. The van der Waals surface area contributed by atoms with Crippen LogP contribution in [0.5, 0.6) is 0 Å². The van der Waals surface area contributed by atoms with Gasteiger partial charge in [-0.3, -0.25) is 4.79 Å². The predicted octanol–water partition coefficient (Wildman–Crippen LogP) is 2.25. The topological polar surface area (TPSA) is 43.1 Å². The maximum atomic E-state index is 11.3. The van der Waals surface area contributed by atoms with Crippen LogP contribution in [0.15, 0.2) is 18.2 Å². The molecule has 3 fully saturated rings. The Hall–Kier alpha value is -1.31. The molecule has 1 aromatic carbocycles. The molecule has 2 nitrogen and oxygen atoms in total. The van der Waals surface area contributed by atoms with E-state index >= 15 is 0 Å². The zero-order valence-electron chi connectivity index (χ0n) is 9.60. The van der Waals surface area contributed by atoms with E-state index in [1.165, 1.54) is 18.4 Å². The van der Waals surface area contributed by atoms with Gasteiger partial charge in [0.15, 0.2) is 0 Å². The van der Waals surface area contributed by atoms with Gasteiger partial charge in [-0.1, -0.05) is 6.07 Å². The Morgan fingerprint density at radius 1 is 1.06 bits per heavy atom. The molecule has 0 bridgehead atoms. The number of hydrogen-bond acceptors (Lipinski definition) is 1. The highest BCUT2D eigenvalue weighted by Crippen LogP contribution is 2.81. The Kier molecular flexibility index (Phi) is 1.25. The van der Waals surface area contributed by atoms with Crippen molar-refractivity contribution in [1.29, 1.82) is 0 Å².